The zero-order valence-corrected chi connectivity index (χ0v) is 18.0. The normalized spacial score (nSPS) is 19.9. The number of fused-ring (bicyclic) bond motifs is 1. The molecule has 6 heteroatoms. The molecule has 1 fully saturated rings. The van der Waals surface area contributed by atoms with Gasteiger partial charge in [0.15, 0.2) is 5.82 Å². The van der Waals surface area contributed by atoms with Gasteiger partial charge in [-0.3, -0.25) is 14.8 Å². The molecule has 6 nitrogen and oxygen atoms in total. The van der Waals surface area contributed by atoms with E-state index in [9.17, 15) is 4.79 Å². The van der Waals surface area contributed by atoms with Gasteiger partial charge in [0, 0.05) is 49.7 Å². The minimum Gasteiger partial charge on any atom is -0.301 e. The Bertz CT molecular complexity index is 1030. The molecule has 5 rings (SSSR count). The Labute approximate surface area is 183 Å². The number of benzene rings is 1. The number of H-pyrrole nitrogens is 1. The van der Waals surface area contributed by atoms with Crippen molar-refractivity contribution in [2.24, 2.45) is 0 Å². The SMILES string of the molecule is O=c1c2c([nH]n1-c1ccccn1)CCC(N1CCN(CCCc3ccccc3)CC1)C2. The second-order valence-corrected chi connectivity index (χ2v) is 8.76. The molecule has 1 N–H and O–H groups in total. The minimum absolute atomic E-state index is 0.0675. The summed E-state index contributed by atoms with van der Waals surface area (Å²) in [7, 11) is 0. The lowest BCUT2D eigenvalue weighted by Crippen LogP contribution is -2.52. The van der Waals surface area contributed by atoms with Crippen LogP contribution in [0.4, 0.5) is 0 Å². The van der Waals surface area contributed by atoms with E-state index in [-0.39, 0.29) is 5.56 Å². The van der Waals surface area contributed by atoms with Crippen molar-refractivity contribution in [1.29, 1.82) is 0 Å². The Morgan fingerprint density at radius 2 is 1.81 bits per heavy atom. The number of hydrogen-bond acceptors (Lipinski definition) is 4. The lowest BCUT2D eigenvalue weighted by atomic mass is 9.92. The Balaban J connectivity index is 1.15. The summed E-state index contributed by atoms with van der Waals surface area (Å²) in [5, 5.41) is 3.30. The van der Waals surface area contributed by atoms with E-state index in [2.05, 4.69) is 50.2 Å². The van der Waals surface area contributed by atoms with E-state index in [0.29, 0.717) is 11.9 Å². The van der Waals surface area contributed by atoms with Crippen LogP contribution in [0.1, 0.15) is 29.7 Å². The van der Waals surface area contributed by atoms with Crippen LogP contribution in [0.25, 0.3) is 5.82 Å². The van der Waals surface area contributed by atoms with E-state index in [1.165, 1.54) is 18.5 Å². The summed E-state index contributed by atoms with van der Waals surface area (Å²) in [6.45, 7) is 5.63. The molecule has 0 radical (unpaired) electrons. The zero-order chi connectivity index (χ0) is 21.0. The molecule has 0 amide bonds. The summed E-state index contributed by atoms with van der Waals surface area (Å²) in [4.78, 5) is 22.5. The number of rotatable bonds is 6. The number of hydrogen-bond donors (Lipinski definition) is 1. The maximum absolute atomic E-state index is 13.0. The molecule has 1 aromatic carbocycles. The van der Waals surface area contributed by atoms with Crippen LogP contribution >= 0.6 is 0 Å². The van der Waals surface area contributed by atoms with Gasteiger partial charge >= 0.3 is 0 Å². The smallest absolute Gasteiger partial charge is 0.276 e. The van der Waals surface area contributed by atoms with Crippen LogP contribution < -0.4 is 5.56 Å². The first-order valence-electron chi connectivity index (χ1n) is 11.5. The van der Waals surface area contributed by atoms with Gasteiger partial charge in [-0.05, 0) is 56.3 Å². The number of nitrogens with zero attached hydrogens (tertiary/aromatic N) is 4. The number of pyridine rings is 1. The summed E-state index contributed by atoms with van der Waals surface area (Å²) in [5.41, 5.74) is 3.54. The highest BCUT2D eigenvalue weighted by Gasteiger charge is 2.30. The fourth-order valence-corrected chi connectivity index (χ4v) is 5.05. The number of aryl methyl sites for hydroxylation is 2. The predicted octanol–water partition coefficient (Wildman–Crippen LogP) is 2.67. The third kappa shape index (κ3) is 4.50. The molecule has 0 bridgehead atoms. The van der Waals surface area contributed by atoms with E-state index in [0.717, 1.165) is 63.1 Å². The van der Waals surface area contributed by atoms with Crippen molar-refractivity contribution in [3.63, 3.8) is 0 Å². The van der Waals surface area contributed by atoms with Crippen LogP contribution in [0, 0.1) is 0 Å². The standard InChI is InChI=1S/C25H31N5O/c31-25-22-19-21(11-12-23(22)27-30(25)24-10-4-5-13-26-24)29-17-15-28(16-18-29)14-6-9-20-7-2-1-3-8-20/h1-5,7-8,10,13,21,27H,6,9,11-12,14-19H2. The van der Waals surface area contributed by atoms with Crippen molar-refractivity contribution in [3.05, 3.63) is 81.9 Å². The van der Waals surface area contributed by atoms with Gasteiger partial charge in [0.2, 0.25) is 0 Å². The van der Waals surface area contributed by atoms with Crippen LogP contribution in [-0.4, -0.2) is 63.3 Å². The molecule has 1 aliphatic carbocycles. The van der Waals surface area contributed by atoms with E-state index in [4.69, 9.17) is 0 Å². The zero-order valence-electron chi connectivity index (χ0n) is 18.0. The topological polar surface area (TPSA) is 57.2 Å². The lowest BCUT2D eigenvalue weighted by molar-refractivity contribution is 0.0887. The quantitative estimate of drug-likeness (QED) is 0.670. The van der Waals surface area contributed by atoms with Gasteiger partial charge in [-0.1, -0.05) is 36.4 Å². The van der Waals surface area contributed by atoms with Crippen LogP contribution in [0.3, 0.4) is 0 Å². The Hall–Kier alpha value is -2.70. The molecule has 3 heterocycles. The molecule has 0 spiro atoms. The minimum atomic E-state index is 0.0675. The summed E-state index contributed by atoms with van der Waals surface area (Å²) in [6, 6.07) is 16.9. The first kappa shape index (κ1) is 20.2. The Kier molecular flexibility index (Phi) is 6.00. The van der Waals surface area contributed by atoms with Crippen LogP contribution in [0.15, 0.2) is 59.5 Å². The van der Waals surface area contributed by atoms with Crippen molar-refractivity contribution < 1.29 is 0 Å². The van der Waals surface area contributed by atoms with Gasteiger partial charge in [-0.15, -0.1) is 0 Å². The molecule has 1 atom stereocenters. The third-order valence-electron chi connectivity index (χ3n) is 6.82. The fourth-order valence-electron chi connectivity index (χ4n) is 5.05. The molecule has 2 aliphatic rings. The molecule has 3 aromatic rings. The second kappa shape index (κ2) is 9.20. The van der Waals surface area contributed by atoms with Gasteiger partial charge in [0.25, 0.3) is 5.56 Å². The number of aromatic amines is 1. The highest BCUT2D eigenvalue weighted by atomic mass is 16.1. The van der Waals surface area contributed by atoms with E-state index < -0.39 is 0 Å². The van der Waals surface area contributed by atoms with Crippen molar-refractivity contribution in [2.45, 2.75) is 38.1 Å². The molecular formula is C25H31N5O. The Morgan fingerprint density at radius 3 is 2.58 bits per heavy atom. The van der Waals surface area contributed by atoms with E-state index in [1.807, 2.05) is 18.2 Å². The maximum Gasteiger partial charge on any atom is 0.276 e. The number of aromatic nitrogens is 3. The largest absolute Gasteiger partial charge is 0.301 e. The fraction of sp³-hybridized carbons (Fsp3) is 0.440. The van der Waals surface area contributed by atoms with Crippen molar-refractivity contribution in [2.75, 3.05) is 32.7 Å². The lowest BCUT2D eigenvalue weighted by Gasteiger charge is -2.40. The maximum atomic E-state index is 13.0. The summed E-state index contributed by atoms with van der Waals surface area (Å²) in [6.07, 6.45) is 6.99. The van der Waals surface area contributed by atoms with Crippen LogP contribution in [0.2, 0.25) is 0 Å². The molecule has 1 unspecified atom stereocenters. The first-order valence-corrected chi connectivity index (χ1v) is 11.5. The monoisotopic (exact) mass is 417 g/mol. The molecule has 31 heavy (non-hydrogen) atoms. The highest BCUT2D eigenvalue weighted by molar-refractivity contribution is 5.29. The predicted molar refractivity (Wildman–Crippen MR) is 123 cm³/mol. The van der Waals surface area contributed by atoms with Gasteiger partial charge in [0.1, 0.15) is 0 Å². The third-order valence-corrected chi connectivity index (χ3v) is 6.82. The average molecular weight is 418 g/mol. The van der Waals surface area contributed by atoms with Crippen LogP contribution in [-0.2, 0) is 19.3 Å². The van der Waals surface area contributed by atoms with E-state index in [1.54, 1.807) is 10.9 Å². The van der Waals surface area contributed by atoms with E-state index >= 15 is 0 Å². The second-order valence-electron chi connectivity index (χ2n) is 8.76. The summed E-state index contributed by atoms with van der Waals surface area (Å²) < 4.78 is 1.61. The summed E-state index contributed by atoms with van der Waals surface area (Å²) in [5.74, 6) is 0.669. The van der Waals surface area contributed by atoms with Crippen molar-refractivity contribution in [3.8, 4) is 5.82 Å². The summed E-state index contributed by atoms with van der Waals surface area (Å²) >= 11 is 0. The first-order chi connectivity index (χ1) is 15.3. The van der Waals surface area contributed by atoms with Gasteiger partial charge in [0.05, 0.1) is 0 Å². The highest BCUT2D eigenvalue weighted by Crippen LogP contribution is 2.23. The van der Waals surface area contributed by atoms with Crippen molar-refractivity contribution in [1.82, 2.24) is 24.6 Å². The molecule has 0 saturated carbocycles. The number of piperazine rings is 1. The molecule has 1 aliphatic heterocycles. The van der Waals surface area contributed by atoms with Gasteiger partial charge < -0.3 is 4.90 Å². The molecule has 2 aromatic heterocycles. The number of nitrogens with one attached hydrogen (secondary N) is 1. The average Bonchev–Trinajstić information content (AvgIpc) is 3.17. The van der Waals surface area contributed by atoms with Crippen molar-refractivity contribution >= 4 is 0 Å². The molecule has 1 saturated heterocycles. The van der Waals surface area contributed by atoms with Gasteiger partial charge in [-0.25, -0.2) is 9.67 Å². The van der Waals surface area contributed by atoms with Crippen LogP contribution in [0.5, 0.6) is 0 Å². The molecule has 162 valence electrons. The van der Waals surface area contributed by atoms with Gasteiger partial charge in [-0.2, -0.15) is 0 Å². The molecular weight excluding hydrogens is 386 g/mol. The Morgan fingerprint density at radius 1 is 1.00 bits per heavy atom.